The van der Waals surface area contributed by atoms with E-state index < -0.39 is 0 Å². The highest BCUT2D eigenvalue weighted by Gasteiger charge is 2.13. The van der Waals surface area contributed by atoms with Crippen LogP contribution >= 0.6 is 0 Å². The molecule has 1 aromatic carbocycles. The molecular weight excluding hydrogens is 260 g/mol. The van der Waals surface area contributed by atoms with Crippen LogP contribution in [0, 0.1) is 0 Å². The Morgan fingerprint density at radius 3 is 2.00 bits per heavy atom. The summed E-state index contributed by atoms with van der Waals surface area (Å²) in [6.45, 7) is 13.3. The Labute approximate surface area is 129 Å². The van der Waals surface area contributed by atoms with E-state index in [1.165, 1.54) is 5.56 Å². The molecule has 0 bridgehead atoms. The average molecular weight is 290 g/mol. The molecule has 1 aromatic rings. The molecule has 0 radical (unpaired) electrons. The number of hydrogen-bond donors (Lipinski definition) is 1. The van der Waals surface area contributed by atoms with Crippen molar-refractivity contribution in [2.45, 2.75) is 52.9 Å². The van der Waals surface area contributed by atoms with Crippen LogP contribution in [0.4, 0.5) is 5.69 Å². The second-order valence-electron chi connectivity index (χ2n) is 6.65. The molecule has 0 fully saturated rings. The molecule has 0 saturated heterocycles. The molecule has 0 spiro atoms. The fraction of sp³-hybridized carbons (Fsp3) is 0.611. The number of carbonyl (C=O) groups is 1. The zero-order chi connectivity index (χ0) is 15.9. The minimum Gasteiger partial charge on any atom is -0.325 e. The zero-order valence-corrected chi connectivity index (χ0v) is 14.2. The van der Waals surface area contributed by atoms with Crippen LogP contribution in [-0.2, 0) is 10.2 Å². The van der Waals surface area contributed by atoms with Crippen LogP contribution in [0.25, 0.3) is 0 Å². The summed E-state index contributed by atoms with van der Waals surface area (Å²) in [6.07, 6.45) is 2.15. The van der Waals surface area contributed by atoms with Crippen molar-refractivity contribution in [3.05, 3.63) is 29.8 Å². The smallest absolute Gasteiger partial charge is 0.238 e. The van der Waals surface area contributed by atoms with E-state index in [1.54, 1.807) is 0 Å². The maximum Gasteiger partial charge on any atom is 0.238 e. The molecule has 3 heteroatoms. The van der Waals surface area contributed by atoms with Crippen molar-refractivity contribution in [1.82, 2.24) is 4.90 Å². The molecule has 0 aliphatic rings. The molecule has 1 amide bonds. The summed E-state index contributed by atoms with van der Waals surface area (Å²) in [7, 11) is 0. The van der Waals surface area contributed by atoms with Crippen LogP contribution in [0.15, 0.2) is 24.3 Å². The SMILES string of the molecule is CCCN(CCC)CC(=O)Nc1ccc(C(C)(C)C)cc1. The van der Waals surface area contributed by atoms with Gasteiger partial charge in [0.15, 0.2) is 0 Å². The highest BCUT2D eigenvalue weighted by atomic mass is 16.2. The van der Waals surface area contributed by atoms with Crippen molar-refractivity contribution in [2.24, 2.45) is 0 Å². The molecule has 0 unspecified atom stereocenters. The summed E-state index contributed by atoms with van der Waals surface area (Å²) in [4.78, 5) is 14.3. The van der Waals surface area contributed by atoms with E-state index >= 15 is 0 Å². The van der Waals surface area contributed by atoms with Crippen molar-refractivity contribution in [2.75, 3.05) is 25.0 Å². The van der Waals surface area contributed by atoms with Crippen LogP contribution in [0.5, 0.6) is 0 Å². The Morgan fingerprint density at radius 1 is 1.05 bits per heavy atom. The molecule has 1 rings (SSSR count). The normalized spacial score (nSPS) is 11.7. The first-order chi connectivity index (χ1) is 9.86. The molecule has 1 N–H and O–H groups in total. The summed E-state index contributed by atoms with van der Waals surface area (Å²) in [5.41, 5.74) is 2.29. The van der Waals surface area contributed by atoms with Gasteiger partial charge < -0.3 is 5.32 Å². The number of benzene rings is 1. The lowest BCUT2D eigenvalue weighted by Crippen LogP contribution is -2.34. The predicted molar refractivity (Wildman–Crippen MR) is 90.8 cm³/mol. The van der Waals surface area contributed by atoms with Gasteiger partial charge in [-0.15, -0.1) is 0 Å². The minimum absolute atomic E-state index is 0.0698. The van der Waals surface area contributed by atoms with Gasteiger partial charge >= 0.3 is 0 Å². The Balaban J connectivity index is 2.58. The third-order valence-corrected chi connectivity index (χ3v) is 3.48. The lowest BCUT2D eigenvalue weighted by molar-refractivity contribution is -0.117. The van der Waals surface area contributed by atoms with Crippen molar-refractivity contribution in [3.63, 3.8) is 0 Å². The molecule has 0 aliphatic heterocycles. The molecule has 0 saturated carbocycles. The molecule has 21 heavy (non-hydrogen) atoms. The second-order valence-corrected chi connectivity index (χ2v) is 6.65. The summed E-state index contributed by atoms with van der Waals surface area (Å²) in [6, 6.07) is 8.15. The van der Waals surface area contributed by atoms with E-state index in [0.29, 0.717) is 6.54 Å². The van der Waals surface area contributed by atoms with Gasteiger partial charge in [-0.3, -0.25) is 9.69 Å². The predicted octanol–water partition coefficient (Wildman–Crippen LogP) is 4.04. The van der Waals surface area contributed by atoms with Crippen LogP contribution < -0.4 is 5.32 Å². The third kappa shape index (κ3) is 6.30. The number of nitrogens with zero attached hydrogens (tertiary/aromatic N) is 1. The van der Waals surface area contributed by atoms with Gasteiger partial charge in [-0.05, 0) is 49.0 Å². The molecule has 0 heterocycles. The van der Waals surface area contributed by atoms with Crippen LogP contribution in [0.2, 0.25) is 0 Å². The first-order valence-corrected chi connectivity index (χ1v) is 7.99. The largest absolute Gasteiger partial charge is 0.325 e. The summed E-state index contributed by atoms with van der Waals surface area (Å²) < 4.78 is 0. The maximum absolute atomic E-state index is 12.1. The summed E-state index contributed by atoms with van der Waals surface area (Å²) in [5.74, 6) is 0.0698. The Morgan fingerprint density at radius 2 is 1.57 bits per heavy atom. The van der Waals surface area contributed by atoms with Gasteiger partial charge in [-0.2, -0.15) is 0 Å². The monoisotopic (exact) mass is 290 g/mol. The van der Waals surface area contributed by atoms with Crippen molar-refractivity contribution < 1.29 is 4.79 Å². The number of hydrogen-bond acceptors (Lipinski definition) is 2. The molecular formula is C18H30N2O. The van der Waals surface area contributed by atoms with Crippen LogP contribution in [-0.4, -0.2) is 30.4 Å². The fourth-order valence-corrected chi connectivity index (χ4v) is 2.36. The van der Waals surface area contributed by atoms with Gasteiger partial charge in [0.25, 0.3) is 0 Å². The lowest BCUT2D eigenvalue weighted by Gasteiger charge is -2.21. The number of anilines is 1. The maximum atomic E-state index is 12.1. The van der Waals surface area contributed by atoms with E-state index in [9.17, 15) is 4.79 Å². The molecule has 0 aliphatic carbocycles. The Hall–Kier alpha value is -1.35. The van der Waals surface area contributed by atoms with Crippen molar-refractivity contribution in [1.29, 1.82) is 0 Å². The number of carbonyl (C=O) groups excluding carboxylic acids is 1. The third-order valence-electron chi connectivity index (χ3n) is 3.48. The average Bonchev–Trinajstić information content (AvgIpc) is 2.38. The quantitative estimate of drug-likeness (QED) is 0.822. The Kier molecular flexibility index (Phi) is 6.90. The zero-order valence-electron chi connectivity index (χ0n) is 14.2. The van der Waals surface area contributed by atoms with Crippen LogP contribution in [0.1, 0.15) is 53.0 Å². The number of amides is 1. The second kappa shape index (κ2) is 8.18. The van der Waals surface area contributed by atoms with E-state index in [-0.39, 0.29) is 11.3 Å². The van der Waals surface area contributed by atoms with Gasteiger partial charge in [0.05, 0.1) is 6.54 Å². The van der Waals surface area contributed by atoms with E-state index in [4.69, 9.17) is 0 Å². The van der Waals surface area contributed by atoms with Gasteiger partial charge in [0.2, 0.25) is 5.91 Å². The minimum atomic E-state index is 0.0698. The van der Waals surface area contributed by atoms with Crippen LogP contribution in [0.3, 0.4) is 0 Å². The highest BCUT2D eigenvalue weighted by Crippen LogP contribution is 2.23. The topological polar surface area (TPSA) is 32.3 Å². The molecule has 118 valence electrons. The summed E-state index contributed by atoms with van der Waals surface area (Å²) >= 11 is 0. The summed E-state index contributed by atoms with van der Waals surface area (Å²) in [5, 5.41) is 2.99. The van der Waals surface area contributed by atoms with Crippen molar-refractivity contribution in [3.8, 4) is 0 Å². The van der Waals surface area contributed by atoms with E-state index in [0.717, 1.165) is 31.6 Å². The first-order valence-electron chi connectivity index (χ1n) is 7.99. The van der Waals surface area contributed by atoms with Gasteiger partial charge in [0.1, 0.15) is 0 Å². The highest BCUT2D eigenvalue weighted by molar-refractivity contribution is 5.92. The lowest BCUT2D eigenvalue weighted by atomic mass is 9.87. The standard InChI is InChI=1S/C18H30N2O/c1-6-12-20(13-7-2)14-17(21)19-16-10-8-15(9-11-16)18(3,4)5/h8-11H,6-7,12-14H2,1-5H3,(H,19,21). The van der Waals surface area contributed by atoms with E-state index in [1.807, 2.05) is 12.1 Å². The molecule has 3 nitrogen and oxygen atoms in total. The Bertz CT molecular complexity index is 426. The molecule has 0 atom stereocenters. The van der Waals surface area contributed by atoms with Gasteiger partial charge in [-0.25, -0.2) is 0 Å². The fourth-order valence-electron chi connectivity index (χ4n) is 2.36. The van der Waals surface area contributed by atoms with Gasteiger partial charge in [-0.1, -0.05) is 46.8 Å². The number of nitrogens with one attached hydrogen (secondary N) is 1. The van der Waals surface area contributed by atoms with E-state index in [2.05, 4.69) is 57.0 Å². The van der Waals surface area contributed by atoms with Crippen molar-refractivity contribution >= 4 is 11.6 Å². The first kappa shape index (κ1) is 17.7. The van der Waals surface area contributed by atoms with Gasteiger partial charge in [0, 0.05) is 5.69 Å². The number of rotatable bonds is 7. The molecule has 0 aromatic heterocycles.